The number of amides is 1. The normalized spacial score (nSPS) is 21.8. The summed E-state index contributed by atoms with van der Waals surface area (Å²) in [5.41, 5.74) is 4.39. The van der Waals surface area contributed by atoms with E-state index in [1.807, 2.05) is 12.1 Å². The summed E-state index contributed by atoms with van der Waals surface area (Å²) in [6, 6.07) is 9.00. The van der Waals surface area contributed by atoms with Gasteiger partial charge in [0.05, 0.1) is 31.3 Å². The van der Waals surface area contributed by atoms with Crippen molar-refractivity contribution in [1.82, 2.24) is 19.8 Å². The Hall–Kier alpha value is -3.22. The van der Waals surface area contributed by atoms with Crippen molar-refractivity contribution in [2.24, 2.45) is 0 Å². The number of ether oxygens (including phenoxy) is 1. The number of halogens is 2. The number of carbonyl (C=O) groups excluding carboxylic acids is 1. The molecule has 3 fully saturated rings. The van der Waals surface area contributed by atoms with E-state index in [1.165, 1.54) is 55.5 Å². The van der Waals surface area contributed by atoms with Crippen LogP contribution >= 0.6 is 11.6 Å². The summed E-state index contributed by atoms with van der Waals surface area (Å²) >= 11 is 6.49. The Kier molecular flexibility index (Phi) is 9.41. The fraction of sp³-hybridized carbons (Fsp3) is 0.548. The number of methoxy groups -OCH3 is 1. The number of piperazine rings is 1. The molecule has 1 aromatic carbocycles. The minimum Gasteiger partial charge on any atom is -0.467 e. The molecule has 1 amide bonds. The smallest absolute Gasteiger partial charge is 0.318 e. The summed E-state index contributed by atoms with van der Waals surface area (Å²) in [6.07, 6.45) is 8.57. The lowest BCUT2D eigenvalue weighted by atomic mass is 9.98. The summed E-state index contributed by atoms with van der Waals surface area (Å²) in [7, 11) is 1.54. The molecule has 0 N–H and O–H groups in total. The standard InChI is InChI=1S/C25H27ClFN5O2.C6H11N/c1-16(27)24(33)32-14-13-31(15-18(32)11-12-28)23-20-10-9-17-5-3-7-21(26)19(17)6-4-8-22(20)29-25(30-23)34-2;1-2-6-3-5-7(6)4-1/h3,5,7,18H,1,4,6,8-11,13-15H2,2H3;6H,1-5H2. The van der Waals surface area contributed by atoms with E-state index in [9.17, 15) is 14.4 Å². The molecule has 1 aromatic heterocycles. The third kappa shape index (κ3) is 6.49. The number of rotatable bonds is 4. The van der Waals surface area contributed by atoms with Crippen molar-refractivity contribution in [3.05, 3.63) is 58.0 Å². The van der Waals surface area contributed by atoms with Crippen LogP contribution in [0.25, 0.3) is 0 Å². The Labute approximate surface area is 246 Å². The molecule has 4 aliphatic rings. The fourth-order valence-corrected chi connectivity index (χ4v) is 6.81. The molecule has 2 aromatic rings. The number of fused-ring (bicyclic) bond motifs is 3. The van der Waals surface area contributed by atoms with Gasteiger partial charge >= 0.3 is 6.01 Å². The average Bonchev–Trinajstić information content (AvgIpc) is 3.33. The number of aryl methyl sites for hydroxylation is 2. The molecule has 3 aliphatic heterocycles. The third-order valence-corrected chi connectivity index (χ3v) is 9.14. The molecule has 0 bridgehead atoms. The van der Waals surface area contributed by atoms with Crippen LogP contribution in [-0.2, 0) is 30.5 Å². The predicted octanol–water partition coefficient (Wildman–Crippen LogP) is 4.68. The van der Waals surface area contributed by atoms with Gasteiger partial charge in [0.1, 0.15) is 5.82 Å². The third-order valence-electron chi connectivity index (χ3n) is 8.78. The van der Waals surface area contributed by atoms with Gasteiger partial charge in [-0.15, -0.1) is 0 Å². The number of nitriles is 1. The van der Waals surface area contributed by atoms with E-state index >= 15 is 0 Å². The SMILES string of the molecule is C1CC2CCN2C1.C=C(F)C(=O)N1CCN(c2nc(OC)nc3c2CCc2cccc(Cl)c2CCC3)CC1CC#N. The maximum atomic E-state index is 13.6. The predicted molar refractivity (Wildman–Crippen MR) is 157 cm³/mol. The van der Waals surface area contributed by atoms with Crippen molar-refractivity contribution < 1.29 is 13.9 Å². The molecule has 6 rings (SSSR count). The number of hydrogen-bond acceptors (Lipinski definition) is 7. The Balaban J connectivity index is 0.000000414. The zero-order valence-corrected chi connectivity index (χ0v) is 24.5. The van der Waals surface area contributed by atoms with E-state index in [0.717, 1.165) is 60.2 Å². The highest BCUT2D eigenvalue weighted by Gasteiger charge is 2.34. The van der Waals surface area contributed by atoms with Crippen molar-refractivity contribution in [2.75, 3.05) is 44.7 Å². The second kappa shape index (κ2) is 13.2. The lowest BCUT2D eigenvalue weighted by Gasteiger charge is -2.41. The van der Waals surface area contributed by atoms with Crippen LogP contribution in [0.4, 0.5) is 10.2 Å². The molecule has 0 saturated carbocycles. The minimum atomic E-state index is -1.02. The van der Waals surface area contributed by atoms with Crippen LogP contribution in [-0.4, -0.2) is 77.6 Å². The first-order valence-corrected chi connectivity index (χ1v) is 15.0. The van der Waals surface area contributed by atoms with Gasteiger partial charge in [0.15, 0.2) is 5.83 Å². The van der Waals surface area contributed by atoms with Crippen molar-refractivity contribution in [2.45, 2.75) is 69.9 Å². The number of hydrogen-bond donors (Lipinski definition) is 0. The quantitative estimate of drug-likeness (QED) is 0.485. The Morgan fingerprint density at radius 2 is 1.98 bits per heavy atom. The van der Waals surface area contributed by atoms with Crippen LogP contribution in [0.2, 0.25) is 5.02 Å². The van der Waals surface area contributed by atoms with Crippen molar-refractivity contribution in [1.29, 1.82) is 5.26 Å². The van der Waals surface area contributed by atoms with E-state index in [0.29, 0.717) is 13.1 Å². The average molecular weight is 581 g/mol. The van der Waals surface area contributed by atoms with Crippen LogP contribution in [0.3, 0.4) is 0 Å². The highest BCUT2D eigenvalue weighted by molar-refractivity contribution is 6.31. The summed E-state index contributed by atoms with van der Waals surface area (Å²) in [5, 5.41) is 10.1. The van der Waals surface area contributed by atoms with Crippen LogP contribution in [0.5, 0.6) is 6.01 Å². The molecular weight excluding hydrogens is 543 g/mol. The number of benzene rings is 1. The molecule has 1 aliphatic carbocycles. The Morgan fingerprint density at radius 3 is 2.63 bits per heavy atom. The molecule has 0 spiro atoms. The van der Waals surface area contributed by atoms with E-state index in [-0.39, 0.29) is 19.0 Å². The van der Waals surface area contributed by atoms with Gasteiger partial charge in [-0.3, -0.25) is 4.79 Å². The van der Waals surface area contributed by atoms with Gasteiger partial charge < -0.3 is 19.4 Å². The second-order valence-electron chi connectivity index (χ2n) is 11.2. The van der Waals surface area contributed by atoms with Crippen molar-refractivity contribution in [3.8, 4) is 12.1 Å². The second-order valence-corrected chi connectivity index (χ2v) is 11.6. The molecule has 0 radical (unpaired) electrons. The monoisotopic (exact) mass is 580 g/mol. The maximum absolute atomic E-state index is 13.6. The first-order valence-electron chi connectivity index (χ1n) is 14.6. The molecule has 41 heavy (non-hydrogen) atoms. The van der Waals surface area contributed by atoms with E-state index in [2.05, 4.69) is 33.5 Å². The first-order chi connectivity index (χ1) is 19.9. The number of carbonyl (C=O) groups is 1. The summed E-state index contributed by atoms with van der Waals surface area (Å²) in [6.45, 7) is 7.01. The summed E-state index contributed by atoms with van der Waals surface area (Å²) in [5.74, 6) is -1.03. The first kappa shape index (κ1) is 29.3. The van der Waals surface area contributed by atoms with E-state index < -0.39 is 17.8 Å². The van der Waals surface area contributed by atoms with Crippen molar-refractivity contribution in [3.63, 3.8) is 0 Å². The Bertz CT molecular complexity index is 1320. The number of anilines is 1. The zero-order valence-electron chi connectivity index (χ0n) is 23.7. The van der Waals surface area contributed by atoms with Crippen LogP contribution in [0.1, 0.15) is 54.5 Å². The van der Waals surface area contributed by atoms with Gasteiger partial charge in [-0.25, -0.2) is 4.39 Å². The van der Waals surface area contributed by atoms with E-state index in [4.69, 9.17) is 21.3 Å². The molecule has 4 heterocycles. The van der Waals surface area contributed by atoms with Gasteiger partial charge in [0.2, 0.25) is 0 Å². The van der Waals surface area contributed by atoms with Gasteiger partial charge in [0, 0.05) is 36.3 Å². The van der Waals surface area contributed by atoms with Crippen LogP contribution in [0.15, 0.2) is 30.6 Å². The highest BCUT2D eigenvalue weighted by Crippen LogP contribution is 2.32. The molecule has 8 nitrogen and oxygen atoms in total. The Morgan fingerprint density at radius 1 is 1.12 bits per heavy atom. The summed E-state index contributed by atoms with van der Waals surface area (Å²) in [4.78, 5) is 27.7. The van der Waals surface area contributed by atoms with Crippen molar-refractivity contribution >= 4 is 23.3 Å². The molecule has 10 heteroatoms. The van der Waals surface area contributed by atoms with Gasteiger partial charge in [-0.1, -0.05) is 30.3 Å². The lowest BCUT2D eigenvalue weighted by Crippen LogP contribution is -2.55. The van der Waals surface area contributed by atoms with Gasteiger partial charge in [0.25, 0.3) is 5.91 Å². The molecular formula is C31H38ClFN6O2. The minimum absolute atomic E-state index is 0.0891. The van der Waals surface area contributed by atoms with E-state index in [1.54, 1.807) is 0 Å². The maximum Gasteiger partial charge on any atom is 0.318 e. The zero-order chi connectivity index (χ0) is 28.9. The highest BCUT2D eigenvalue weighted by atomic mass is 35.5. The topological polar surface area (TPSA) is 85.6 Å². The molecule has 218 valence electrons. The summed E-state index contributed by atoms with van der Waals surface area (Å²) < 4.78 is 19.0. The van der Waals surface area contributed by atoms with Crippen LogP contribution in [0, 0.1) is 11.3 Å². The van der Waals surface area contributed by atoms with Gasteiger partial charge in [-0.2, -0.15) is 15.2 Å². The van der Waals surface area contributed by atoms with Crippen LogP contribution < -0.4 is 9.64 Å². The van der Waals surface area contributed by atoms with Gasteiger partial charge in [-0.05, 0) is 81.6 Å². The fourth-order valence-electron chi connectivity index (χ4n) is 6.52. The largest absolute Gasteiger partial charge is 0.467 e. The molecule has 3 saturated heterocycles. The molecule has 2 unspecified atom stereocenters. The number of nitrogens with zero attached hydrogens (tertiary/aromatic N) is 6. The lowest BCUT2D eigenvalue weighted by molar-refractivity contribution is -0.131. The number of aromatic nitrogens is 2. The molecule has 2 atom stereocenters.